The van der Waals surface area contributed by atoms with E-state index in [4.69, 9.17) is 0 Å². The molecule has 2 aromatic carbocycles. The monoisotopic (exact) mass is 396 g/mol. The first-order valence-electron chi connectivity index (χ1n) is 7.72. The quantitative estimate of drug-likeness (QED) is 0.639. The number of para-hydroxylation sites is 1. The summed E-state index contributed by atoms with van der Waals surface area (Å²) in [5.74, 6) is -2.94. The number of aryl methyl sites for hydroxylation is 1. The van der Waals surface area contributed by atoms with Gasteiger partial charge in [0.25, 0.3) is 5.76 Å². The number of rotatable bonds is 8. The number of anilines is 2. The van der Waals surface area contributed by atoms with Crippen molar-refractivity contribution >= 4 is 46.7 Å². The first-order chi connectivity index (χ1) is 12.4. The molecule has 0 spiro atoms. The van der Waals surface area contributed by atoms with Crippen LogP contribution in [0.15, 0.2) is 53.4 Å². The van der Waals surface area contributed by atoms with Crippen LogP contribution >= 0.6 is 23.5 Å². The summed E-state index contributed by atoms with van der Waals surface area (Å²) in [6.45, 7) is 1.93. The van der Waals surface area contributed by atoms with Crippen LogP contribution in [-0.2, 0) is 9.59 Å². The van der Waals surface area contributed by atoms with Gasteiger partial charge in [-0.1, -0.05) is 36.0 Å². The van der Waals surface area contributed by atoms with E-state index in [0.717, 1.165) is 17.3 Å². The summed E-state index contributed by atoms with van der Waals surface area (Å²) in [6, 6.07) is 13.8. The van der Waals surface area contributed by atoms with Crippen molar-refractivity contribution in [2.24, 2.45) is 0 Å². The molecule has 0 fully saturated rings. The zero-order valence-electron chi connectivity index (χ0n) is 14.0. The lowest BCUT2D eigenvalue weighted by Gasteiger charge is -2.10. The topological polar surface area (TPSA) is 58.2 Å². The summed E-state index contributed by atoms with van der Waals surface area (Å²) in [7, 11) is 0. The second-order valence-electron chi connectivity index (χ2n) is 5.33. The lowest BCUT2D eigenvalue weighted by molar-refractivity contribution is -0.114. The Bertz CT molecular complexity index is 772. The fraction of sp³-hybridized carbons (Fsp3) is 0.222. The smallest absolute Gasteiger partial charge is 0.288 e. The highest BCUT2D eigenvalue weighted by Gasteiger charge is 2.12. The fourth-order valence-corrected chi connectivity index (χ4v) is 3.32. The van der Waals surface area contributed by atoms with E-state index in [-0.39, 0.29) is 23.3 Å². The van der Waals surface area contributed by atoms with Crippen LogP contribution in [0.2, 0.25) is 0 Å². The SMILES string of the molecule is Cc1cccc(NC(=O)CSCC(=O)Nc2ccccc2SC(F)F)c1. The molecule has 0 saturated heterocycles. The van der Waals surface area contributed by atoms with Crippen molar-refractivity contribution in [3.8, 4) is 0 Å². The van der Waals surface area contributed by atoms with E-state index in [9.17, 15) is 18.4 Å². The Labute approximate surface area is 159 Å². The first kappa shape index (κ1) is 20.3. The number of carbonyl (C=O) groups excluding carboxylic acids is 2. The molecule has 2 N–H and O–H groups in total. The van der Waals surface area contributed by atoms with Gasteiger partial charge in [-0.2, -0.15) is 8.78 Å². The van der Waals surface area contributed by atoms with Gasteiger partial charge < -0.3 is 10.6 Å². The Morgan fingerprint density at radius 3 is 2.38 bits per heavy atom. The molecule has 0 aromatic heterocycles. The Hall–Kier alpha value is -2.06. The minimum absolute atomic E-state index is 0.0505. The average molecular weight is 396 g/mol. The number of amides is 2. The summed E-state index contributed by atoms with van der Waals surface area (Å²) < 4.78 is 25.1. The van der Waals surface area contributed by atoms with Gasteiger partial charge in [0.2, 0.25) is 11.8 Å². The van der Waals surface area contributed by atoms with Crippen LogP contribution in [0.25, 0.3) is 0 Å². The highest BCUT2D eigenvalue weighted by atomic mass is 32.2. The van der Waals surface area contributed by atoms with Crippen molar-refractivity contribution in [2.45, 2.75) is 17.6 Å². The standard InChI is InChI=1S/C18H18F2N2O2S2/c1-12-5-4-6-13(9-12)21-16(23)10-25-11-17(24)22-14-7-2-3-8-15(14)26-18(19)20/h2-9,18H,10-11H2,1H3,(H,21,23)(H,22,24). The highest BCUT2D eigenvalue weighted by molar-refractivity contribution is 8.00. The predicted octanol–water partition coefficient (Wildman–Crippen LogP) is 4.62. The molecule has 0 aliphatic rings. The number of carbonyl (C=O) groups is 2. The highest BCUT2D eigenvalue weighted by Crippen LogP contribution is 2.31. The maximum Gasteiger partial charge on any atom is 0.288 e. The van der Waals surface area contributed by atoms with Crippen molar-refractivity contribution in [1.29, 1.82) is 0 Å². The van der Waals surface area contributed by atoms with Crippen LogP contribution in [0.5, 0.6) is 0 Å². The zero-order valence-corrected chi connectivity index (χ0v) is 15.6. The Morgan fingerprint density at radius 1 is 1.00 bits per heavy atom. The second-order valence-corrected chi connectivity index (χ2v) is 7.35. The van der Waals surface area contributed by atoms with Crippen molar-refractivity contribution in [1.82, 2.24) is 0 Å². The van der Waals surface area contributed by atoms with Gasteiger partial charge in [-0.3, -0.25) is 9.59 Å². The van der Waals surface area contributed by atoms with Gasteiger partial charge in [-0.05, 0) is 36.8 Å². The van der Waals surface area contributed by atoms with Crippen LogP contribution in [0.4, 0.5) is 20.2 Å². The summed E-state index contributed by atoms with van der Waals surface area (Å²) in [5, 5.41) is 5.36. The lowest BCUT2D eigenvalue weighted by atomic mass is 10.2. The molecule has 0 atom stereocenters. The number of hydrogen-bond acceptors (Lipinski definition) is 4. The molecule has 8 heteroatoms. The van der Waals surface area contributed by atoms with E-state index < -0.39 is 5.76 Å². The summed E-state index contributed by atoms with van der Waals surface area (Å²) in [4.78, 5) is 24.2. The molecule has 2 rings (SSSR count). The molecule has 0 aliphatic heterocycles. The minimum Gasteiger partial charge on any atom is -0.325 e. The Kier molecular flexibility index (Phi) is 7.93. The second kappa shape index (κ2) is 10.2. The van der Waals surface area contributed by atoms with Crippen molar-refractivity contribution in [3.63, 3.8) is 0 Å². The number of benzene rings is 2. The first-order valence-corrected chi connectivity index (χ1v) is 9.75. The third kappa shape index (κ3) is 7.05. The van der Waals surface area contributed by atoms with E-state index in [2.05, 4.69) is 10.6 Å². The number of thioether (sulfide) groups is 2. The van der Waals surface area contributed by atoms with Gasteiger partial charge in [0.1, 0.15) is 0 Å². The van der Waals surface area contributed by atoms with Crippen LogP contribution < -0.4 is 10.6 Å². The molecular weight excluding hydrogens is 378 g/mol. The van der Waals surface area contributed by atoms with Gasteiger partial charge >= 0.3 is 0 Å². The molecule has 0 saturated carbocycles. The summed E-state index contributed by atoms with van der Waals surface area (Å²) in [6.07, 6.45) is 0. The van der Waals surface area contributed by atoms with Gasteiger partial charge in [-0.15, -0.1) is 11.8 Å². The number of nitrogens with one attached hydrogen (secondary N) is 2. The van der Waals surface area contributed by atoms with Gasteiger partial charge in [0.15, 0.2) is 0 Å². The molecular formula is C18H18F2N2O2S2. The number of halogens is 2. The maximum atomic E-state index is 12.5. The van der Waals surface area contributed by atoms with Gasteiger partial charge in [-0.25, -0.2) is 0 Å². The third-order valence-electron chi connectivity index (χ3n) is 3.15. The molecule has 4 nitrogen and oxygen atoms in total. The van der Waals surface area contributed by atoms with E-state index in [1.807, 2.05) is 25.1 Å². The van der Waals surface area contributed by atoms with Crippen LogP contribution in [-0.4, -0.2) is 29.1 Å². The predicted molar refractivity (Wildman–Crippen MR) is 104 cm³/mol. The number of alkyl halides is 2. The van der Waals surface area contributed by atoms with Gasteiger partial charge in [0.05, 0.1) is 17.2 Å². The third-order valence-corrected chi connectivity index (χ3v) is 4.87. The Balaban J connectivity index is 1.78. The van der Waals surface area contributed by atoms with Crippen molar-refractivity contribution in [3.05, 3.63) is 54.1 Å². The largest absolute Gasteiger partial charge is 0.325 e. The fourth-order valence-electron chi connectivity index (χ4n) is 2.11. The minimum atomic E-state index is -2.56. The summed E-state index contributed by atoms with van der Waals surface area (Å²) in [5.41, 5.74) is 2.08. The van der Waals surface area contributed by atoms with E-state index in [1.165, 1.54) is 6.07 Å². The van der Waals surface area contributed by atoms with E-state index in [0.29, 0.717) is 28.0 Å². The van der Waals surface area contributed by atoms with Crippen LogP contribution in [0.3, 0.4) is 0 Å². The molecule has 138 valence electrons. The van der Waals surface area contributed by atoms with Crippen molar-refractivity contribution in [2.75, 3.05) is 22.1 Å². The molecule has 0 unspecified atom stereocenters. The van der Waals surface area contributed by atoms with E-state index >= 15 is 0 Å². The maximum absolute atomic E-state index is 12.5. The molecule has 2 aromatic rings. The molecule has 0 aliphatic carbocycles. The normalized spacial score (nSPS) is 10.6. The number of hydrogen-bond donors (Lipinski definition) is 2. The van der Waals surface area contributed by atoms with Crippen LogP contribution in [0, 0.1) is 6.92 Å². The molecule has 26 heavy (non-hydrogen) atoms. The molecule has 0 radical (unpaired) electrons. The van der Waals surface area contributed by atoms with E-state index in [1.54, 1.807) is 24.3 Å². The van der Waals surface area contributed by atoms with Crippen LogP contribution in [0.1, 0.15) is 5.56 Å². The zero-order chi connectivity index (χ0) is 18.9. The van der Waals surface area contributed by atoms with Gasteiger partial charge in [0, 0.05) is 10.6 Å². The molecule has 0 heterocycles. The molecule has 2 amide bonds. The lowest BCUT2D eigenvalue weighted by Crippen LogP contribution is -2.18. The Morgan fingerprint density at radius 2 is 1.69 bits per heavy atom. The average Bonchev–Trinajstić information content (AvgIpc) is 2.56. The molecule has 0 bridgehead atoms. The van der Waals surface area contributed by atoms with Crippen molar-refractivity contribution < 1.29 is 18.4 Å². The summed E-state index contributed by atoms with van der Waals surface area (Å²) >= 11 is 1.53.